The van der Waals surface area contributed by atoms with Crippen LogP contribution < -0.4 is 4.90 Å². The van der Waals surface area contributed by atoms with E-state index in [0.717, 1.165) is 29.2 Å². The summed E-state index contributed by atoms with van der Waals surface area (Å²) in [5.41, 5.74) is -1.51. The maximum absolute atomic E-state index is 14.0. The Morgan fingerprint density at radius 2 is 1.82 bits per heavy atom. The van der Waals surface area contributed by atoms with Crippen LogP contribution in [0.25, 0.3) is 0 Å². The number of carbonyl (C=O) groups excluding carboxylic acids is 2. The first-order chi connectivity index (χ1) is 13.2. The third kappa shape index (κ3) is 5.30. The largest absolute Gasteiger partial charge is 0.452 e. The number of anilines is 1. The lowest BCUT2D eigenvalue weighted by atomic mass is 10.1. The molecule has 2 aromatic rings. The van der Waals surface area contributed by atoms with Crippen LogP contribution in [-0.4, -0.2) is 25.0 Å². The number of hydrogen-bond donors (Lipinski definition) is 0. The average molecular weight is 394 g/mol. The standard InChI is InChI=1S/C19H14F4N2O3/c20-15-7-1-2-8-16(15)25(10-4-9-24)17(26)12-28-18(27)13-5-3-6-14(11-13)19(21,22)23/h1-3,5-8,11H,4,10,12H2. The molecule has 146 valence electrons. The van der Waals surface area contributed by atoms with Crippen LogP contribution >= 0.6 is 0 Å². The molecule has 9 heteroatoms. The lowest BCUT2D eigenvalue weighted by Crippen LogP contribution is -2.36. The van der Waals surface area contributed by atoms with Crippen molar-refractivity contribution in [2.75, 3.05) is 18.1 Å². The minimum atomic E-state index is -4.63. The van der Waals surface area contributed by atoms with Crippen LogP contribution in [0.1, 0.15) is 22.3 Å². The summed E-state index contributed by atoms with van der Waals surface area (Å²) in [4.78, 5) is 25.3. The molecule has 28 heavy (non-hydrogen) atoms. The molecule has 5 nitrogen and oxygen atoms in total. The Hall–Kier alpha value is -3.41. The fourth-order valence-corrected chi connectivity index (χ4v) is 2.32. The van der Waals surface area contributed by atoms with Gasteiger partial charge in [0.05, 0.1) is 29.3 Å². The quantitative estimate of drug-likeness (QED) is 0.550. The highest BCUT2D eigenvalue weighted by Gasteiger charge is 2.31. The van der Waals surface area contributed by atoms with Gasteiger partial charge in [-0.05, 0) is 30.3 Å². The summed E-state index contributed by atoms with van der Waals surface area (Å²) >= 11 is 0. The SMILES string of the molecule is N#CCCN(C(=O)COC(=O)c1cccc(C(F)(F)F)c1)c1ccccc1F. The number of amides is 1. The van der Waals surface area contributed by atoms with Crippen molar-refractivity contribution in [3.05, 3.63) is 65.5 Å². The Morgan fingerprint density at radius 1 is 1.11 bits per heavy atom. The summed E-state index contributed by atoms with van der Waals surface area (Å²) in [6.45, 7) is -0.966. The number of rotatable bonds is 6. The summed E-state index contributed by atoms with van der Waals surface area (Å²) in [6.07, 6.45) is -4.73. The molecule has 2 aromatic carbocycles. The normalized spacial score (nSPS) is 10.8. The zero-order chi connectivity index (χ0) is 20.7. The van der Waals surface area contributed by atoms with Crippen molar-refractivity contribution in [3.63, 3.8) is 0 Å². The van der Waals surface area contributed by atoms with Crippen LogP contribution in [0.4, 0.5) is 23.2 Å². The lowest BCUT2D eigenvalue weighted by molar-refractivity contribution is -0.137. The number of carbonyl (C=O) groups is 2. The van der Waals surface area contributed by atoms with E-state index in [1.54, 1.807) is 0 Å². The van der Waals surface area contributed by atoms with Gasteiger partial charge in [0.25, 0.3) is 5.91 Å². The molecule has 0 heterocycles. The molecule has 0 fully saturated rings. The first-order valence-electron chi connectivity index (χ1n) is 8.00. The van der Waals surface area contributed by atoms with Gasteiger partial charge >= 0.3 is 12.1 Å². The van der Waals surface area contributed by atoms with Gasteiger partial charge in [0.2, 0.25) is 0 Å². The van der Waals surface area contributed by atoms with Gasteiger partial charge in [0, 0.05) is 6.54 Å². The number of halogens is 4. The van der Waals surface area contributed by atoms with Crippen LogP contribution in [0.5, 0.6) is 0 Å². The number of benzene rings is 2. The van der Waals surface area contributed by atoms with E-state index >= 15 is 0 Å². The number of alkyl halides is 3. The second-order valence-corrected chi connectivity index (χ2v) is 5.56. The first kappa shape index (κ1) is 20.9. The minimum absolute atomic E-state index is 0.0956. The molecule has 0 saturated heterocycles. The maximum atomic E-state index is 14.0. The Balaban J connectivity index is 2.11. The highest BCUT2D eigenvalue weighted by molar-refractivity contribution is 5.97. The number of para-hydroxylation sites is 1. The Kier molecular flexibility index (Phi) is 6.71. The third-order valence-electron chi connectivity index (χ3n) is 3.64. The second kappa shape index (κ2) is 8.99. The predicted molar refractivity (Wildman–Crippen MR) is 90.7 cm³/mol. The lowest BCUT2D eigenvalue weighted by Gasteiger charge is -2.22. The van der Waals surface area contributed by atoms with E-state index in [0.29, 0.717) is 6.07 Å². The molecule has 0 aliphatic heterocycles. The summed E-state index contributed by atoms with van der Waals surface area (Å²) in [5.74, 6) is -2.66. The van der Waals surface area contributed by atoms with E-state index in [1.165, 1.54) is 18.2 Å². The molecule has 0 aliphatic carbocycles. The molecular formula is C19H14F4N2O3. The van der Waals surface area contributed by atoms with Gasteiger partial charge in [-0.1, -0.05) is 18.2 Å². The summed E-state index contributed by atoms with van der Waals surface area (Å²) in [6, 6.07) is 10.7. The van der Waals surface area contributed by atoms with Gasteiger partial charge in [-0.2, -0.15) is 18.4 Å². The highest BCUT2D eigenvalue weighted by atomic mass is 19.4. The number of nitrogens with zero attached hydrogens (tertiary/aromatic N) is 2. The van der Waals surface area contributed by atoms with E-state index in [-0.39, 0.29) is 24.2 Å². The molecule has 0 saturated carbocycles. The van der Waals surface area contributed by atoms with Crippen molar-refractivity contribution in [2.24, 2.45) is 0 Å². The van der Waals surface area contributed by atoms with Crippen LogP contribution in [0.2, 0.25) is 0 Å². The third-order valence-corrected chi connectivity index (χ3v) is 3.64. The Morgan fingerprint density at radius 3 is 2.46 bits per heavy atom. The molecule has 0 bridgehead atoms. The first-order valence-corrected chi connectivity index (χ1v) is 8.00. The zero-order valence-electron chi connectivity index (χ0n) is 14.4. The van der Waals surface area contributed by atoms with Crippen molar-refractivity contribution in [1.29, 1.82) is 5.26 Å². The van der Waals surface area contributed by atoms with Crippen molar-refractivity contribution in [1.82, 2.24) is 0 Å². The van der Waals surface area contributed by atoms with Gasteiger partial charge in [0.15, 0.2) is 6.61 Å². The van der Waals surface area contributed by atoms with Gasteiger partial charge in [-0.15, -0.1) is 0 Å². The average Bonchev–Trinajstić information content (AvgIpc) is 2.67. The van der Waals surface area contributed by atoms with Crippen LogP contribution in [0.15, 0.2) is 48.5 Å². The van der Waals surface area contributed by atoms with E-state index in [9.17, 15) is 27.2 Å². The fourth-order valence-electron chi connectivity index (χ4n) is 2.32. The molecule has 2 rings (SSSR count). The maximum Gasteiger partial charge on any atom is 0.416 e. The molecule has 1 amide bonds. The molecule has 0 atom stereocenters. The molecule has 0 aromatic heterocycles. The van der Waals surface area contributed by atoms with Crippen molar-refractivity contribution >= 4 is 17.6 Å². The molecule has 0 unspecified atom stereocenters. The van der Waals surface area contributed by atoms with Gasteiger partial charge < -0.3 is 9.64 Å². The predicted octanol–water partition coefficient (Wildman–Crippen LogP) is 3.95. The van der Waals surface area contributed by atoms with Crippen LogP contribution in [-0.2, 0) is 15.7 Å². The monoisotopic (exact) mass is 394 g/mol. The van der Waals surface area contributed by atoms with Gasteiger partial charge in [-0.3, -0.25) is 4.79 Å². The number of nitriles is 1. The summed E-state index contributed by atoms with van der Waals surface area (Å²) in [5, 5.41) is 8.71. The summed E-state index contributed by atoms with van der Waals surface area (Å²) in [7, 11) is 0. The number of esters is 1. The topological polar surface area (TPSA) is 70.4 Å². The number of ether oxygens (including phenoxy) is 1. The van der Waals surface area contributed by atoms with E-state index in [4.69, 9.17) is 10.00 Å². The molecule has 0 spiro atoms. The second-order valence-electron chi connectivity index (χ2n) is 5.56. The Bertz CT molecular complexity index is 907. The zero-order valence-corrected chi connectivity index (χ0v) is 14.4. The van der Waals surface area contributed by atoms with E-state index in [1.807, 2.05) is 6.07 Å². The molecule has 0 N–H and O–H groups in total. The minimum Gasteiger partial charge on any atom is -0.452 e. The summed E-state index contributed by atoms with van der Waals surface area (Å²) < 4.78 is 56.9. The van der Waals surface area contributed by atoms with Crippen LogP contribution in [0.3, 0.4) is 0 Å². The Labute approximate surface area is 157 Å². The van der Waals surface area contributed by atoms with Crippen molar-refractivity contribution in [2.45, 2.75) is 12.6 Å². The van der Waals surface area contributed by atoms with E-state index < -0.39 is 36.0 Å². The van der Waals surface area contributed by atoms with Crippen molar-refractivity contribution < 1.29 is 31.9 Å². The van der Waals surface area contributed by atoms with Gasteiger partial charge in [-0.25, -0.2) is 9.18 Å². The number of hydrogen-bond acceptors (Lipinski definition) is 4. The molecular weight excluding hydrogens is 380 g/mol. The smallest absolute Gasteiger partial charge is 0.416 e. The van der Waals surface area contributed by atoms with Crippen molar-refractivity contribution in [3.8, 4) is 6.07 Å². The van der Waals surface area contributed by atoms with Crippen LogP contribution in [0, 0.1) is 17.1 Å². The molecule has 0 aliphatic rings. The van der Waals surface area contributed by atoms with E-state index in [2.05, 4.69) is 0 Å². The fraction of sp³-hybridized carbons (Fsp3) is 0.211. The van der Waals surface area contributed by atoms with Gasteiger partial charge in [0.1, 0.15) is 5.82 Å². The highest BCUT2D eigenvalue weighted by Crippen LogP contribution is 2.29. The molecule has 0 radical (unpaired) electrons.